The molecule has 2 aliphatic heterocycles. The number of ketones is 2. The number of phenols is 2. The Morgan fingerprint density at radius 3 is 1.52 bits per heavy atom. The molecular formula is C23H36N4O4. The molecule has 0 aromatic heterocycles. The number of rotatable bonds is 8. The Hall–Kier alpha value is -2.00. The predicted octanol–water partition coefficient (Wildman–Crippen LogP) is 0.911. The first kappa shape index (κ1) is 23.7. The van der Waals surface area contributed by atoms with Gasteiger partial charge >= 0.3 is 0 Å². The van der Waals surface area contributed by atoms with E-state index < -0.39 is 0 Å². The third-order valence-electron chi connectivity index (χ3n) is 6.40. The van der Waals surface area contributed by atoms with Crippen molar-refractivity contribution in [2.45, 2.75) is 19.8 Å². The molecule has 0 bridgehead atoms. The molecule has 2 saturated heterocycles. The van der Waals surface area contributed by atoms with Gasteiger partial charge in [-0.3, -0.25) is 19.4 Å². The lowest BCUT2D eigenvalue weighted by atomic mass is 9.94. The summed E-state index contributed by atoms with van der Waals surface area (Å²) < 4.78 is 0. The van der Waals surface area contributed by atoms with E-state index in [2.05, 4.69) is 33.7 Å². The van der Waals surface area contributed by atoms with Crippen molar-refractivity contribution in [1.29, 1.82) is 0 Å². The minimum atomic E-state index is -0.215. The molecule has 2 fully saturated rings. The SMILES string of the molecule is CCCc1c(O)c(C(=O)CN2CCN(C)CC2)cc(C(=O)CN2CCN(C)CC2)c1O. The average Bonchev–Trinajstić information content (AvgIpc) is 2.74. The summed E-state index contributed by atoms with van der Waals surface area (Å²) in [6, 6.07) is 1.40. The van der Waals surface area contributed by atoms with Crippen LogP contribution in [0, 0.1) is 0 Å². The van der Waals surface area contributed by atoms with Crippen LogP contribution >= 0.6 is 0 Å². The highest BCUT2D eigenvalue weighted by Gasteiger charge is 2.27. The van der Waals surface area contributed by atoms with E-state index in [1.54, 1.807) is 0 Å². The van der Waals surface area contributed by atoms with Crippen LogP contribution in [0.25, 0.3) is 0 Å². The molecule has 0 aliphatic carbocycles. The summed E-state index contributed by atoms with van der Waals surface area (Å²) in [7, 11) is 4.11. The van der Waals surface area contributed by atoms with Crippen molar-refractivity contribution in [3.63, 3.8) is 0 Å². The molecule has 0 amide bonds. The molecule has 2 aliphatic rings. The molecule has 8 heteroatoms. The van der Waals surface area contributed by atoms with Crippen molar-refractivity contribution >= 4 is 11.6 Å². The lowest BCUT2D eigenvalue weighted by Crippen LogP contribution is -2.46. The van der Waals surface area contributed by atoms with Crippen LogP contribution in [0.2, 0.25) is 0 Å². The van der Waals surface area contributed by atoms with Crippen molar-refractivity contribution in [1.82, 2.24) is 19.6 Å². The maximum Gasteiger partial charge on any atom is 0.180 e. The third kappa shape index (κ3) is 5.83. The highest BCUT2D eigenvalue weighted by Crippen LogP contribution is 2.36. The van der Waals surface area contributed by atoms with Gasteiger partial charge in [-0.25, -0.2) is 0 Å². The third-order valence-corrected chi connectivity index (χ3v) is 6.40. The molecule has 0 spiro atoms. The molecule has 1 aromatic rings. The Kier molecular flexibility index (Phi) is 8.05. The normalized spacial score (nSPS) is 19.6. The Morgan fingerprint density at radius 1 is 0.774 bits per heavy atom. The summed E-state index contributed by atoms with van der Waals surface area (Å²) in [6.45, 7) is 9.06. The molecule has 172 valence electrons. The van der Waals surface area contributed by atoms with E-state index in [4.69, 9.17) is 0 Å². The number of nitrogens with zero attached hydrogens (tertiary/aromatic N) is 4. The van der Waals surface area contributed by atoms with E-state index in [-0.39, 0.29) is 47.3 Å². The zero-order valence-electron chi connectivity index (χ0n) is 19.1. The lowest BCUT2D eigenvalue weighted by Gasteiger charge is -2.32. The summed E-state index contributed by atoms with van der Waals surface area (Å²) in [5, 5.41) is 21.5. The molecule has 31 heavy (non-hydrogen) atoms. The van der Waals surface area contributed by atoms with Crippen LogP contribution < -0.4 is 0 Å². The number of carbonyl (C=O) groups excluding carboxylic acids is 2. The smallest absolute Gasteiger partial charge is 0.180 e. The van der Waals surface area contributed by atoms with Crippen LogP contribution in [0.1, 0.15) is 39.6 Å². The maximum absolute atomic E-state index is 13.1. The zero-order chi connectivity index (χ0) is 22.5. The Morgan fingerprint density at radius 2 is 1.16 bits per heavy atom. The van der Waals surface area contributed by atoms with Crippen molar-refractivity contribution in [2.24, 2.45) is 0 Å². The highest BCUT2D eigenvalue weighted by atomic mass is 16.3. The maximum atomic E-state index is 13.1. The number of hydrogen-bond acceptors (Lipinski definition) is 8. The van der Waals surface area contributed by atoms with Gasteiger partial charge in [0.2, 0.25) is 0 Å². The standard InChI is InChI=1S/C23H36N4O4/c1-4-5-17-22(30)18(20(28)15-26-10-6-24(2)7-11-26)14-19(23(17)31)21(29)16-27-12-8-25(3)9-13-27/h14,30-31H,4-13,15-16H2,1-3H3. The lowest BCUT2D eigenvalue weighted by molar-refractivity contribution is 0.0872. The molecule has 0 radical (unpaired) electrons. The van der Waals surface area contributed by atoms with E-state index in [9.17, 15) is 19.8 Å². The minimum absolute atomic E-state index is 0.141. The molecule has 8 nitrogen and oxygen atoms in total. The quantitative estimate of drug-likeness (QED) is 0.586. The van der Waals surface area contributed by atoms with Gasteiger partial charge in [0.05, 0.1) is 24.2 Å². The van der Waals surface area contributed by atoms with E-state index in [0.29, 0.717) is 18.4 Å². The van der Waals surface area contributed by atoms with Crippen LogP contribution in [0.15, 0.2) is 6.07 Å². The number of benzene rings is 1. The van der Waals surface area contributed by atoms with Crippen LogP contribution in [0.5, 0.6) is 11.5 Å². The number of aromatic hydroxyl groups is 2. The fourth-order valence-electron chi connectivity index (χ4n) is 4.22. The van der Waals surface area contributed by atoms with Crippen LogP contribution in [0.3, 0.4) is 0 Å². The van der Waals surface area contributed by atoms with Gasteiger partial charge < -0.3 is 20.0 Å². The van der Waals surface area contributed by atoms with Gasteiger partial charge in [0.1, 0.15) is 11.5 Å². The largest absolute Gasteiger partial charge is 0.507 e. The number of piperazine rings is 2. The van der Waals surface area contributed by atoms with Crippen molar-refractivity contribution in [3.05, 3.63) is 22.8 Å². The Labute approximate surface area is 185 Å². The summed E-state index contributed by atoms with van der Waals surface area (Å²) in [6.07, 6.45) is 1.09. The van der Waals surface area contributed by atoms with Crippen molar-refractivity contribution in [3.8, 4) is 11.5 Å². The molecule has 0 unspecified atom stereocenters. The average molecular weight is 433 g/mol. The van der Waals surface area contributed by atoms with Gasteiger partial charge in [-0.1, -0.05) is 13.3 Å². The first-order chi connectivity index (χ1) is 14.8. The number of carbonyl (C=O) groups is 2. The molecule has 0 atom stereocenters. The number of hydrogen-bond donors (Lipinski definition) is 2. The van der Waals surface area contributed by atoms with Gasteiger partial charge in [-0.2, -0.15) is 0 Å². The highest BCUT2D eigenvalue weighted by molar-refractivity contribution is 6.06. The summed E-state index contributed by atoms with van der Waals surface area (Å²) >= 11 is 0. The number of likely N-dealkylation sites (N-methyl/N-ethyl adjacent to an activating group) is 2. The van der Waals surface area contributed by atoms with E-state index >= 15 is 0 Å². The molecular weight excluding hydrogens is 396 g/mol. The van der Waals surface area contributed by atoms with Gasteiger partial charge in [0.25, 0.3) is 0 Å². The summed E-state index contributed by atoms with van der Waals surface area (Å²) in [5.74, 6) is -0.801. The van der Waals surface area contributed by atoms with Gasteiger partial charge in [0, 0.05) is 57.9 Å². The van der Waals surface area contributed by atoms with Crippen LogP contribution in [0.4, 0.5) is 0 Å². The van der Waals surface area contributed by atoms with Gasteiger partial charge in [0.15, 0.2) is 11.6 Å². The fourth-order valence-corrected chi connectivity index (χ4v) is 4.22. The van der Waals surface area contributed by atoms with E-state index in [1.165, 1.54) is 6.07 Å². The number of Topliss-reactive ketones (excluding diaryl/α,β-unsaturated/α-hetero) is 2. The summed E-state index contributed by atoms with van der Waals surface area (Å²) in [5.41, 5.74) is 0.581. The predicted molar refractivity (Wildman–Crippen MR) is 120 cm³/mol. The molecule has 1 aromatic carbocycles. The monoisotopic (exact) mass is 432 g/mol. The van der Waals surface area contributed by atoms with E-state index in [1.807, 2.05) is 6.92 Å². The van der Waals surface area contributed by atoms with Crippen LogP contribution in [-0.2, 0) is 6.42 Å². The topological polar surface area (TPSA) is 87.6 Å². The first-order valence-corrected chi connectivity index (χ1v) is 11.3. The second kappa shape index (κ2) is 10.5. The second-order valence-electron chi connectivity index (χ2n) is 8.90. The Balaban J connectivity index is 1.82. The fraction of sp³-hybridized carbons (Fsp3) is 0.652. The van der Waals surface area contributed by atoms with Crippen molar-refractivity contribution < 1.29 is 19.8 Å². The molecule has 3 rings (SSSR count). The minimum Gasteiger partial charge on any atom is -0.507 e. The molecule has 0 saturated carbocycles. The number of phenolic OH excluding ortho intramolecular Hbond substituents is 2. The van der Waals surface area contributed by atoms with Crippen molar-refractivity contribution in [2.75, 3.05) is 79.5 Å². The van der Waals surface area contributed by atoms with Gasteiger partial charge in [-0.15, -0.1) is 0 Å². The first-order valence-electron chi connectivity index (χ1n) is 11.3. The second-order valence-corrected chi connectivity index (χ2v) is 8.90. The van der Waals surface area contributed by atoms with Gasteiger partial charge in [-0.05, 0) is 26.6 Å². The van der Waals surface area contributed by atoms with E-state index in [0.717, 1.165) is 52.4 Å². The summed E-state index contributed by atoms with van der Waals surface area (Å²) in [4.78, 5) is 34.7. The Bertz CT molecular complexity index is 737. The molecule has 2 N–H and O–H groups in total. The molecule has 2 heterocycles. The van der Waals surface area contributed by atoms with Crippen LogP contribution in [-0.4, -0.2) is 121 Å². The zero-order valence-corrected chi connectivity index (χ0v) is 19.1.